The van der Waals surface area contributed by atoms with E-state index in [0.717, 1.165) is 38.6 Å². The van der Waals surface area contributed by atoms with E-state index >= 15 is 0 Å². The Hall–Kier alpha value is -0.860. The molecule has 9 rings (SSSR count). The molecule has 15 nitrogen and oxygen atoms in total. The SMILES string of the molecule is CC1OC(OC2C(CO)CC(OC3CCC4(C)C(=CCC5C4CCC4(C)C5CC5OC6(CC[C@@H](C)CN6)C(C)C54)C3)C(OC3OC(C)C(O)C(O)C3O)C2O)C(O)C(O)C1O. The van der Waals surface area contributed by atoms with E-state index in [2.05, 4.69) is 39.1 Å². The fourth-order valence-electron chi connectivity index (χ4n) is 14.7. The van der Waals surface area contributed by atoms with Crippen LogP contribution in [-0.4, -0.2) is 158 Å². The molecule has 4 saturated carbocycles. The first-order valence-corrected chi connectivity index (χ1v) is 23.7. The van der Waals surface area contributed by atoms with Gasteiger partial charge in [0.2, 0.25) is 0 Å². The number of piperidine rings is 1. The van der Waals surface area contributed by atoms with E-state index in [1.165, 1.54) is 31.8 Å². The number of aliphatic hydroxyl groups excluding tert-OH is 8. The molecule has 4 heterocycles. The summed E-state index contributed by atoms with van der Waals surface area (Å²) in [5.41, 5.74) is 1.53. The zero-order valence-electron chi connectivity index (χ0n) is 36.9. The first-order chi connectivity index (χ1) is 28.9. The number of hydrogen-bond acceptors (Lipinski definition) is 15. The van der Waals surface area contributed by atoms with E-state index in [0.29, 0.717) is 48.0 Å². The van der Waals surface area contributed by atoms with Crippen molar-refractivity contribution in [2.75, 3.05) is 13.2 Å². The molecule has 0 amide bonds. The van der Waals surface area contributed by atoms with Crippen LogP contribution in [0.3, 0.4) is 0 Å². The minimum atomic E-state index is -1.65. The molecule has 0 bridgehead atoms. The Kier molecular flexibility index (Phi) is 12.5. The number of hydrogen-bond donors (Lipinski definition) is 9. The molecule has 5 aliphatic carbocycles. The summed E-state index contributed by atoms with van der Waals surface area (Å²) in [4.78, 5) is 0. The van der Waals surface area contributed by atoms with Crippen LogP contribution in [-0.2, 0) is 28.4 Å². The highest BCUT2D eigenvalue weighted by Gasteiger charge is 2.68. The van der Waals surface area contributed by atoms with Crippen LogP contribution in [0.5, 0.6) is 0 Å². The molecule has 15 heteroatoms. The highest BCUT2D eigenvalue weighted by molar-refractivity contribution is 5.27. The van der Waals surface area contributed by atoms with Crippen molar-refractivity contribution in [3.05, 3.63) is 11.6 Å². The Balaban J connectivity index is 0.916. The van der Waals surface area contributed by atoms with E-state index in [9.17, 15) is 40.9 Å². The van der Waals surface area contributed by atoms with Crippen LogP contribution >= 0.6 is 0 Å². The fourth-order valence-corrected chi connectivity index (χ4v) is 14.7. The second-order valence-corrected chi connectivity index (χ2v) is 21.7. The molecule has 0 radical (unpaired) electrons. The lowest BCUT2D eigenvalue weighted by Gasteiger charge is -2.59. The van der Waals surface area contributed by atoms with E-state index < -0.39 is 98.4 Å². The summed E-state index contributed by atoms with van der Waals surface area (Å²) >= 11 is 0. The summed E-state index contributed by atoms with van der Waals surface area (Å²) in [5.74, 6) is 2.82. The van der Waals surface area contributed by atoms with Gasteiger partial charge in [-0.2, -0.15) is 0 Å². The van der Waals surface area contributed by atoms with Gasteiger partial charge in [0.25, 0.3) is 0 Å². The molecule has 4 aliphatic heterocycles. The molecule has 0 aromatic rings. The Morgan fingerprint density at radius 2 is 1.38 bits per heavy atom. The van der Waals surface area contributed by atoms with Gasteiger partial charge in [-0.3, -0.25) is 5.32 Å². The fraction of sp³-hybridized carbons (Fsp3) is 0.957. The molecule has 26 atom stereocenters. The van der Waals surface area contributed by atoms with E-state index in [4.69, 9.17) is 28.4 Å². The molecule has 8 fully saturated rings. The molecule has 4 saturated heterocycles. The molecule has 9 aliphatic rings. The highest BCUT2D eigenvalue weighted by Crippen LogP contribution is 2.70. The second kappa shape index (κ2) is 16.8. The summed E-state index contributed by atoms with van der Waals surface area (Å²) in [6.07, 6.45) is -6.48. The Morgan fingerprint density at radius 3 is 2.00 bits per heavy atom. The van der Waals surface area contributed by atoms with Crippen LogP contribution in [0.2, 0.25) is 0 Å². The van der Waals surface area contributed by atoms with Gasteiger partial charge in [-0.1, -0.05) is 39.3 Å². The van der Waals surface area contributed by atoms with Crippen LogP contribution in [0.25, 0.3) is 0 Å². The third-order valence-electron chi connectivity index (χ3n) is 18.4. The van der Waals surface area contributed by atoms with Crippen molar-refractivity contribution in [1.29, 1.82) is 0 Å². The third-order valence-corrected chi connectivity index (χ3v) is 18.4. The smallest absolute Gasteiger partial charge is 0.187 e. The highest BCUT2D eigenvalue weighted by atomic mass is 16.7. The van der Waals surface area contributed by atoms with Crippen molar-refractivity contribution in [3.8, 4) is 0 Å². The number of ether oxygens (including phenoxy) is 6. The van der Waals surface area contributed by atoms with Crippen molar-refractivity contribution in [2.45, 2.75) is 210 Å². The van der Waals surface area contributed by atoms with Gasteiger partial charge >= 0.3 is 0 Å². The maximum atomic E-state index is 12.1. The maximum absolute atomic E-state index is 12.1. The van der Waals surface area contributed by atoms with E-state index in [1.807, 2.05) is 0 Å². The topological polar surface area (TPSA) is 229 Å². The number of aliphatic hydroxyl groups is 8. The minimum Gasteiger partial charge on any atom is -0.396 e. The molecule has 9 N–H and O–H groups in total. The molecule has 61 heavy (non-hydrogen) atoms. The lowest BCUT2D eigenvalue weighted by Crippen LogP contribution is -2.64. The van der Waals surface area contributed by atoms with Crippen LogP contribution in [0, 0.1) is 52.3 Å². The number of nitrogens with one attached hydrogen (secondary N) is 1. The monoisotopic (exact) mass is 866 g/mol. The van der Waals surface area contributed by atoms with Gasteiger partial charge in [0.1, 0.15) is 54.6 Å². The summed E-state index contributed by atoms with van der Waals surface area (Å²) in [6.45, 7) is 13.5. The quantitative estimate of drug-likeness (QED) is 0.165. The average molecular weight is 866 g/mol. The first-order valence-electron chi connectivity index (χ1n) is 23.7. The normalized spacial score (nSPS) is 58.4. The summed E-state index contributed by atoms with van der Waals surface area (Å²) in [5, 5.41) is 90.2. The lowest BCUT2D eigenvalue weighted by atomic mass is 9.47. The first kappa shape index (κ1) is 45.3. The third kappa shape index (κ3) is 7.44. The largest absolute Gasteiger partial charge is 0.396 e. The van der Waals surface area contributed by atoms with E-state index in [1.54, 1.807) is 6.92 Å². The predicted octanol–water partition coefficient (Wildman–Crippen LogP) is 1.48. The van der Waals surface area contributed by atoms with Gasteiger partial charge < -0.3 is 69.3 Å². The molecule has 348 valence electrons. The lowest BCUT2D eigenvalue weighted by molar-refractivity contribution is -0.350. The predicted molar refractivity (Wildman–Crippen MR) is 218 cm³/mol. The minimum absolute atomic E-state index is 0.0361. The van der Waals surface area contributed by atoms with Gasteiger partial charge in [0, 0.05) is 25.0 Å². The van der Waals surface area contributed by atoms with Gasteiger partial charge in [-0.05, 0) is 118 Å². The molecule has 0 aromatic carbocycles. The molecule has 1 spiro atoms. The van der Waals surface area contributed by atoms with Crippen molar-refractivity contribution in [3.63, 3.8) is 0 Å². The molecular formula is C46H75NO14. The maximum Gasteiger partial charge on any atom is 0.187 e. The van der Waals surface area contributed by atoms with Gasteiger partial charge in [-0.25, -0.2) is 0 Å². The summed E-state index contributed by atoms with van der Waals surface area (Å²) in [6, 6.07) is 0. The number of rotatable bonds is 7. The Morgan fingerprint density at radius 1 is 0.721 bits per heavy atom. The standard InChI is InChI=1S/C46H75NO14/c1-20-9-14-46(47-18-20)21(2)32-30(61-46)17-29-27-8-7-25-16-26(10-12-44(25,5)28(27)11-13-45(29,32)6)58-31-15-24(19-48)40(59-42-37(53)35(51)33(49)22(3)56-42)39(55)41(31)60-43-38(54)36(52)34(50)23(4)57-43/h7,20-24,26-43,47-55H,8-19H2,1-6H3/t20-,21?,22?,23?,24?,26?,27?,28?,29?,30?,31?,32?,33?,34?,35?,36?,37?,38?,39?,40?,41?,42?,43?,44?,45?,46?/m1/s1. The van der Waals surface area contributed by atoms with E-state index in [-0.39, 0.29) is 29.1 Å². The van der Waals surface area contributed by atoms with Crippen LogP contribution in [0.4, 0.5) is 0 Å². The second-order valence-electron chi connectivity index (χ2n) is 21.7. The number of fused-ring (bicyclic) bond motifs is 7. The zero-order chi connectivity index (χ0) is 43.5. The van der Waals surface area contributed by atoms with Gasteiger partial charge in [-0.15, -0.1) is 0 Å². The Bertz CT molecular complexity index is 1600. The Labute approximate surface area is 360 Å². The van der Waals surface area contributed by atoms with Crippen LogP contribution in [0.1, 0.15) is 106 Å². The van der Waals surface area contributed by atoms with Crippen LogP contribution < -0.4 is 5.32 Å². The average Bonchev–Trinajstić information content (AvgIpc) is 3.69. The van der Waals surface area contributed by atoms with Crippen molar-refractivity contribution < 1.29 is 69.3 Å². The van der Waals surface area contributed by atoms with Gasteiger partial charge in [0.05, 0.1) is 36.6 Å². The zero-order valence-corrected chi connectivity index (χ0v) is 36.9. The van der Waals surface area contributed by atoms with Crippen LogP contribution in [0.15, 0.2) is 11.6 Å². The number of allylic oxidation sites excluding steroid dienone is 1. The molecular weight excluding hydrogens is 790 g/mol. The molecule has 0 aromatic heterocycles. The molecule has 25 unspecified atom stereocenters. The van der Waals surface area contributed by atoms with Gasteiger partial charge in [0.15, 0.2) is 12.6 Å². The van der Waals surface area contributed by atoms with Crippen molar-refractivity contribution >= 4 is 0 Å². The van der Waals surface area contributed by atoms with Crippen molar-refractivity contribution in [2.24, 2.45) is 52.3 Å². The van der Waals surface area contributed by atoms with Crippen molar-refractivity contribution in [1.82, 2.24) is 5.32 Å². The summed E-state index contributed by atoms with van der Waals surface area (Å²) in [7, 11) is 0. The summed E-state index contributed by atoms with van der Waals surface area (Å²) < 4.78 is 38.0.